The summed E-state index contributed by atoms with van der Waals surface area (Å²) in [5.41, 5.74) is 0.727. The third kappa shape index (κ3) is 4.14. The number of aromatic amines is 1. The predicted molar refractivity (Wildman–Crippen MR) is 78.9 cm³/mol. The van der Waals surface area contributed by atoms with Gasteiger partial charge in [0.2, 0.25) is 10.0 Å². The second-order valence-electron chi connectivity index (χ2n) is 4.69. The summed E-state index contributed by atoms with van der Waals surface area (Å²) >= 11 is 1.44. The molecule has 0 unspecified atom stereocenters. The van der Waals surface area contributed by atoms with Gasteiger partial charge in [-0.05, 0) is 6.07 Å². The van der Waals surface area contributed by atoms with Gasteiger partial charge in [-0.3, -0.25) is 0 Å². The van der Waals surface area contributed by atoms with Crippen LogP contribution in [0, 0.1) is 0 Å². The van der Waals surface area contributed by atoms with Crippen molar-refractivity contribution < 1.29 is 8.42 Å². The Morgan fingerprint density at radius 3 is 2.85 bits per heavy atom. The summed E-state index contributed by atoms with van der Waals surface area (Å²) in [6, 6.07) is 2.07. The Hall–Kier alpha value is -1.22. The van der Waals surface area contributed by atoms with Crippen LogP contribution in [-0.2, 0) is 23.1 Å². The van der Waals surface area contributed by atoms with Gasteiger partial charge >= 0.3 is 0 Å². The highest BCUT2D eigenvalue weighted by Crippen LogP contribution is 2.19. The molecule has 0 bridgehead atoms. The van der Waals surface area contributed by atoms with Crippen molar-refractivity contribution in [3.63, 3.8) is 0 Å². The molecule has 2 heterocycles. The Bertz CT molecular complexity index is 632. The first-order valence-electron chi connectivity index (χ1n) is 6.25. The van der Waals surface area contributed by atoms with Gasteiger partial charge < -0.3 is 10.3 Å². The molecule has 0 saturated heterocycles. The molecule has 6 nitrogen and oxygen atoms in total. The van der Waals surface area contributed by atoms with Crippen molar-refractivity contribution in [2.45, 2.75) is 37.9 Å². The van der Waals surface area contributed by atoms with Crippen LogP contribution in [0.1, 0.15) is 24.4 Å². The average Bonchev–Trinajstić information content (AvgIpc) is 3.05. The van der Waals surface area contributed by atoms with Gasteiger partial charge in [0, 0.05) is 34.7 Å². The lowest BCUT2D eigenvalue weighted by Crippen LogP contribution is -2.23. The molecule has 2 aromatic rings. The number of nitrogens with one attached hydrogen (secondary N) is 3. The molecular weight excluding hydrogens is 296 g/mol. The molecule has 3 N–H and O–H groups in total. The van der Waals surface area contributed by atoms with Crippen LogP contribution in [0.5, 0.6) is 0 Å². The smallest absolute Gasteiger partial charge is 0.241 e. The lowest BCUT2D eigenvalue weighted by atomic mass is 10.4. The highest BCUT2D eigenvalue weighted by atomic mass is 32.2. The molecule has 0 aliphatic heterocycles. The van der Waals surface area contributed by atoms with Crippen molar-refractivity contribution in [2.75, 3.05) is 0 Å². The van der Waals surface area contributed by atoms with Crippen LogP contribution >= 0.6 is 11.3 Å². The normalized spacial score (nSPS) is 12.2. The number of sulfonamides is 1. The Morgan fingerprint density at radius 2 is 2.20 bits per heavy atom. The number of nitrogens with zero attached hydrogens (tertiary/aromatic N) is 1. The van der Waals surface area contributed by atoms with E-state index in [2.05, 4.69) is 33.9 Å². The molecule has 20 heavy (non-hydrogen) atoms. The predicted octanol–water partition coefficient (Wildman–Crippen LogP) is 1.45. The Morgan fingerprint density at radius 1 is 1.40 bits per heavy atom. The fourth-order valence-corrected chi connectivity index (χ4v) is 3.77. The molecule has 0 spiro atoms. The van der Waals surface area contributed by atoms with Crippen molar-refractivity contribution in [1.29, 1.82) is 0 Å². The summed E-state index contributed by atoms with van der Waals surface area (Å²) in [7, 11) is -3.47. The lowest BCUT2D eigenvalue weighted by molar-refractivity contribution is 0.580. The molecule has 0 fully saturated rings. The molecule has 8 heteroatoms. The largest absolute Gasteiger partial charge is 0.347 e. The Labute approximate surface area is 122 Å². The van der Waals surface area contributed by atoms with Crippen molar-refractivity contribution in [3.05, 3.63) is 34.5 Å². The average molecular weight is 314 g/mol. The number of thiophene rings is 1. The maximum Gasteiger partial charge on any atom is 0.241 e. The van der Waals surface area contributed by atoms with Crippen molar-refractivity contribution >= 4 is 21.4 Å². The zero-order chi connectivity index (χ0) is 14.6. The van der Waals surface area contributed by atoms with E-state index < -0.39 is 10.0 Å². The summed E-state index contributed by atoms with van der Waals surface area (Å²) in [6.07, 6.45) is 3.11. The van der Waals surface area contributed by atoms with E-state index in [9.17, 15) is 8.42 Å². The van der Waals surface area contributed by atoms with Gasteiger partial charge in [-0.1, -0.05) is 13.8 Å². The molecule has 2 aromatic heterocycles. The minimum atomic E-state index is -3.47. The monoisotopic (exact) mass is 314 g/mol. The van der Waals surface area contributed by atoms with Crippen LogP contribution in [0.15, 0.2) is 28.9 Å². The van der Waals surface area contributed by atoms with Gasteiger partial charge in [-0.2, -0.15) is 0 Å². The highest BCUT2D eigenvalue weighted by molar-refractivity contribution is 7.89. The van der Waals surface area contributed by atoms with E-state index in [0.717, 1.165) is 10.6 Å². The van der Waals surface area contributed by atoms with E-state index in [4.69, 9.17) is 0 Å². The van der Waals surface area contributed by atoms with Crippen LogP contribution < -0.4 is 10.0 Å². The fraction of sp³-hybridized carbons (Fsp3) is 0.417. The van der Waals surface area contributed by atoms with Crippen LogP contribution in [0.4, 0.5) is 0 Å². The van der Waals surface area contributed by atoms with Crippen LogP contribution in [0.2, 0.25) is 0 Å². The minimum Gasteiger partial charge on any atom is -0.347 e. The van der Waals surface area contributed by atoms with E-state index in [0.29, 0.717) is 17.5 Å². The molecule has 0 aliphatic carbocycles. The van der Waals surface area contributed by atoms with E-state index in [1.54, 1.807) is 17.6 Å². The van der Waals surface area contributed by atoms with Gasteiger partial charge in [-0.15, -0.1) is 11.3 Å². The first kappa shape index (κ1) is 15.2. The molecule has 0 radical (unpaired) electrons. The van der Waals surface area contributed by atoms with Gasteiger partial charge in [0.15, 0.2) is 0 Å². The van der Waals surface area contributed by atoms with Gasteiger partial charge in [-0.25, -0.2) is 18.1 Å². The first-order chi connectivity index (χ1) is 9.47. The van der Waals surface area contributed by atoms with E-state index in [1.807, 2.05) is 0 Å². The summed E-state index contributed by atoms with van der Waals surface area (Å²) < 4.78 is 26.8. The number of hydrogen-bond donors (Lipinski definition) is 3. The molecule has 0 aliphatic rings. The summed E-state index contributed by atoms with van der Waals surface area (Å²) in [6.45, 7) is 4.99. The van der Waals surface area contributed by atoms with Gasteiger partial charge in [0.25, 0.3) is 0 Å². The van der Waals surface area contributed by atoms with Gasteiger partial charge in [0.05, 0.1) is 17.8 Å². The number of rotatable bonds is 7. The maximum atomic E-state index is 12.1. The summed E-state index contributed by atoms with van der Waals surface area (Å²) in [5, 5.41) is 4.92. The van der Waals surface area contributed by atoms with E-state index >= 15 is 0 Å². The van der Waals surface area contributed by atoms with Crippen LogP contribution in [0.25, 0.3) is 0 Å². The van der Waals surface area contributed by atoms with Crippen molar-refractivity contribution in [2.24, 2.45) is 0 Å². The third-order valence-electron chi connectivity index (χ3n) is 2.63. The zero-order valence-electron chi connectivity index (χ0n) is 11.4. The third-order valence-corrected chi connectivity index (χ3v) is 5.10. The zero-order valence-corrected chi connectivity index (χ0v) is 13.0. The quantitative estimate of drug-likeness (QED) is 0.722. The number of aromatic nitrogens is 2. The Balaban J connectivity index is 1.98. The van der Waals surface area contributed by atoms with Crippen molar-refractivity contribution in [1.82, 2.24) is 20.0 Å². The van der Waals surface area contributed by atoms with Crippen LogP contribution in [0.3, 0.4) is 0 Å². The fourth-order valence-electron chi connectivity index (χ4n) is 1.54. The SMILES string of the molecule is CC(C)NCc1cc(S(=O)(=O)NCc2cnc[nH]2)cs1. The van der Waals surface area contributed by atoms with Crippen LogP contribution in [-0.4, -0.2) is 24.4 Å². The molecule has 0 atom stereocenters. The summed E-state index contributed by atoms with van der Waals surface area (Å²) in [4.78, 5) is 8.01. The Kier molecular flexibility index (Phi) is 4.92. The van der Waals surface area contributed by atoms with E-state index in [-0.39, 0.29) is 6.54 Å². The molecule has 110 valence electrons. The lowest BCUT2D eigenvalue weighted by Gasteiger charge is -2.05. The van der Waals surface area contributed by atoms with E-state index in [1.165, 1.54) is 17.7 Å². The second-order valence-corrected chi connectivity index (χ2v) is 7.45. The number of hydrogen-bond acceptors (Lipinski definition) is 5. The number of H-pyrrole nitrogens is 1. The molecule has 2 rings (SSSR count). The molecule has 0 aromatic carbocycles. The summed E-state index contributed by atoms with van der Waals surface area (Å²) in [5.74, 6) is 0. The maximum absolute atomic E-state index is 12.1. The molecule has 0 saturated carbocycles. The minimum absolute atomic E-state index is 0.206. The first-order valence-corrected chi connectivity index (χ1v) is 8.61. The molecule has 0 amide bonds. The second kappa shape index (κ2) is 6.49. The van der Waals surface area contributed by atoms with Gasteiger partial charge in [0.1, 0.15) is 0 Å². The topological polar surface area (TPSA) is 86.9 Å². The highest BCUT2D eigenvalue weighted by Gasteiger charge is 2.16. The number of imidazole rings is 1. The molecular formula is C12H18N4O2S2. The van der Waals surface area contributed by atoms with Crippen molar-refractivity contribution in [3.8, 4) is 0 Å². The standard InChI is InChI=1S/C12H18N4O2S2/c1-9(2)14-6-11-3-12(7-19-11)20(17,18)16-5-10-4-13-8-15-10/h3-4,7-9,14,16H,5-6H2,1-2H3,(H,13,15).